The lowest BCUT2D eigenvalue weighted by atomic mass is 10.0. The fraction of sp³-hybridized carbons (Fsp3) is 0.379. The fourth-order valence-corrected chi connectivity index (χ4v) is 6.11. The minimum atomic E-state index is -4.56. The fourth-order valence-electron chi connectivity index (χ4n) is 5.04. The molecule has 2 aliphatic heterocycles. The quantitative estimate of drug-likeness (QED) is 0.287. The molecule has 0 spiro atoms. The van der Waals surface area contributed by atoms with E-state index in [1.807, 2.05) is 0 Å². The van der Waals surface area contributed by atoms with Crippen LogP contribution in [-0.4, -0.2) is 61.6 Å². The maximum atomic E-state index is 13.6. The lowest BCUT2D eigenvalue weighted by Crippen LogP contribution is -2.52. The number of fused-ring (bicyclic) bond motifs is 1. The molecule has 0 N–H and O–H groups in total. The molecule has 3 aromatic rings. The first-order chi connectivity index (χ1) is 19.7. The first-order valence-electron chi connectivity index (χ1n) is 13.3. The van der Waals surface area contributed by atoms with Crippen LogP contribution in [0.3, 0.4) is 0 Å². The predicted octanol–water partition coefficient (Wildman–Crippen LogP) is 7.19. The number of hydrogen-bond acceptors (Lipinski definition) is 6. The van der Waals surface area contributed by atoms with E-state index in [0.717, 1.165) is 17.8 Å². The largest absolute Gasteiger partial charge is 0.444 e. The number of carbonyl (C=O) groups is 3. The number of rotatable bonds is 4. The third-order valence-electron chi connectivity index (χ3n) is 6.90. The molecule has 1 atom stereocenters. The minimum absolute atomic E-state index is 0.00527. The van der Waals surface area contributed by atoms with Gasteiger partial charge in [0.2, 0.25) is 0 Å². The van der Waals surface area contributed by atoms with Crippen molar-refractivity contribution in [1.29, 1.82) is 0 Å². The van der Waals surface area contributed by atoms with Crippen molar-refractivity contribution in [3.8, 4) is 0 Å². The third kappa shape index (κ3) is 6.44. The Labute approximate surface area is 249 Å². The van der Waals surface area contributed by atoms with E-state index >= 15 is 0 Å². The maximum absolute atomic E-state index is 13.6. The molecule has 2 aliphatic rings. The number of piperidine rings is 1. The van der Waals surface area contributed by atoms with Crippen molar-refractivity contribution in [3.63, 3.8) is 0 Å². The van der Waals surface area contributed by atoms with Crippen LogP contribution in [0.1, 0.15) is 50.3 Å². The molecule has 0 saturated carbocycles. The molecule has 8 nitrogen and oxygen atoms in total. The number of benzene rings is 2. The van der Waals surface area contributed by atoms with Gasteiger partial charge in [-0.05, 0) is 86.8 Å². The molecule has 5 rings (SSSR count). The van der Waals surface area contributed by atoms with Crippen molar-refractivity contribution in [1.82, 2.24) is 19.6 Å². The van der Waals surface area contributed by atoms with Crippen LogP contribution in [-0.2, 0) is 22.3 Å². The zero-order valence-corrected chi connectivity index (χ0v) is 24.6. The lowest BCUT2D eigenvalue weighted by Gasteiger charge is -2.36. The molecule has 3 amide bonds. The second kappa shape index (κ2) is 11.3. The van der Waals surface area contributed by atoms with Crippen LogP contribution in [0.25, 0.3) is 17.0 Å². The summed E-state index contributed by atoms with van der Waals surface area (Å²) < 4.78 is 47.6. The van der Waals surface area contributed by atoms with Gasteiger partial charge in [0.1, 0.15) is 5.60 Å². The summed E-state index contributed by atoms with van der Waals surface area (Å²) in [5, 5.41) is 4.52. The van der Waals surface area contributed by atoms with Crippen LogP contribution in [0, 0.1) is 0 Å². The Balaban J connectivity index is 1.33. The number of aromatic nitrogens is 2. The average Bonchev–Trinajstić information content (AvgIpc) is 3.42. The summed E-state index contributed by atoms with van der Waals surface area (Å²) in [6.07, 6.45) is -0.684. The number of halogens is 4. The van der Waals surface area contributed by atoms with Crippen LogP contribution in [0.5, 0.6) is 0 Å². The van der Waals surface area contributed by atoms with Crippen LogP contribution in [0.4, 0.5) is 22.8 Å². The Morgan fingerprint density at radius 1 is 1.17 bits per heavy atom. The second-order valence-electron chi connectivity index (χ2n) is 11.2. The molecule has 222 valence electrons. The Morgan fingerprint density at radius 2 is 1.93 bits per heavy atom. The monoisotopic (exact) mass is 620 g/mol. The molecule has 2 saturated heterocycles. The first-order valence-corrected chi connectivity index (χ1v) is 14.5. The second-order valence-corrected chi connectivity index (χ2v) is 12.6. The topological polar surface area (TPSA) is 84.7 Å². The lowest BCUT2D eigenvalue weighted by molar-refractivity contribution is -0.138. The van der Waals surface area contributed by atoms with Crippen molar-refractivity contribution in [2.24, 2.45) is 0 Å². The number of carbonyl (C=O) groups excluding carboxylic acids is 3. The summed E-state index contributed by atoms with van der Waals surface area (Å²) in [6.45, 7) is 5.91. The number of alkyl halides is 3. The smallest absolute Gasteiger partial charge is 0.416 e. The van der Waals surface area contributed by atoms with Gasteiger partial charge in [-0.2, -0.15) is 18.3 Å². The Hall–Kier alpha value is -3.51. The van der Waals surface area contributed by atoms with E-state index in [2.05, 4.69) is 5.10 Å². The molecular weight excluding hydrogens is 593 g/mol. The van der Waals surface area contributed by atoms with Crippen molar-refractivity contribution >= 4 is 57.6 Å². The van der Waals surface area contributed by atoms with Gasteiger partial charge >= 0.3 is 12.3 Å². The zero-order valence-electron chi connectivity index (χ0n) is 23.1. The van der Waals surface area contributed by atoms with Crippen molar-refractivity contribution in [2.75, 3.05) is 13.1 Å². The van der Waals surface area contributed by atoms with E-state index in [-0.39, 0.29) is 28.6 Å². The van der Waals surface area contributed by atoms with Crippen LogP contribution in [0.15, 0.2) is 47.5 Å². The van der Waals surface area contributed by atoms with Crippen LogP contribution < -0.4 is 0 Å². The van der Waals surface area contributed by atoms with E-state index in [1.165, 1.54) is 32.8 Å². The molecule has 2 fully saturated rings. The number of imide groups is 1. The summed E-state index contributed by atoms with van der Waals surface area (Å²) in [4.78, 5) is 41.7. The van der Waals surface area contributed by atoms with E-state index in [1.54, 1.807) is 45.0 Å². The molecule has 13 heteroatoms. The van der Waals surface area contributed by atoms with Crippen molar-refractivity contribution < 1.29 is 32.3 Å². The number of amides is 3. The van der Waals surface area contributed by atoms with Crippen molar-refractivity contribution in [3.05, 3.63) is 69.2 Å². The molecular formula is C29H28ClF3N4O4S. The molecule has 0 bridgehead atoms. The van der Waals surface area contributed by atoms with Gasteiger partial charge in [-0.25, -0.2) is 4.79 Å². The van der Waals surface area contributed by atoms with Crippen molar-refractivity contribution in [2.45, 2.75) is 58.0 Å². The van der Waals surface area contributed by atoms with E-state index in [4.69, 9.17) is 16.3 Å². The molecule has 1 aromatic heterocycles. The van der Waals surface area contributed by atoms with Gasteiger partial charge in [-0.1, -0.05) is 23.7 Å². The number of nitrogens with zero attached hydrogens (tertiary/aromatic N) is 4. The predicted molar refractivity (Wildman–Crippen MR) is 154 cm³/mol. The average molecular weight is 621 g/mol. The normalized spacial score (nSPS) is 19.3. The summed E-state index contributed by atoms with van der Waals surface area (Å²) >= 11 is 6.63. The van der Waals surface area contributed by atoms with Gasteiger partial charge in [-0.15, -0.1) is 0 Å². The number of likely N-dealkylation sites (tertiary alicyclic amines) is 1. The molecule has 42 heavy (non-hydrogen) atoms. The van der Waals surface area contributed by atoms with Gasteiger partial charge in [0, 0.05) is 23.5 Å². The van der Waals surface area contributed by atoms with E-state index in [9.17, 15) is 27.6 Å². The summed E-state index contributed by atoms with van der Waals surface area (Å²) in [5.41, 5.74) is -0.211. The zero-order chi connectivity index (χ0) is 30.4. The number of hydrogen-bond donors (Lipinski definition) is 0. The highest BCUT2D eigenvalue weighted by atomic mass is 35.5. The summed E-state index contributed by atoms with van der Waals surface area (Å²) in [7, 11) is 0. The first kappa shape index (κ1) is 30.0. The van der Waals surface area contributed by atoms with Gasteiger partial charge in [0.15, 0.2) is 0 Å². The SMILES string of the molecule is CC(C)(C)OC(=O)N1CCCC(N2C(=O)SC(=Cc3ccc4c(cnn4Cc4ccc(Cl)cc4C(F)(F)F)c3)C2=O)C1. The van der Waals surface area contributed by atoms with Gasteiger partial charge in [-0.3, -0.25) is 19.2 Å². The van der Waals surface area contributed by atoms with Gasteiger partial charge < -0.3 is 9.64 Å². The van der Waals surface area contributed by atoms with Gasteiger partial charge in [0.05, 0.1) is 34.8 Å². The standard InChI is InChI=1S/C29H28ClF3N4O4S/c1-28(2,3)41-26(39)35-10-4-5-21(16-35)37-25(38)24(42-27(37)40)12-17-6-9-23-19(11-17)14-34-36(23)15-18-7-8-20(30)13-22(18)29(31,32)33/h6-9,11-14,21H,4-5,10,15-16H2,1-3H3. The third-order valence-corrected chi connectivity index (χ3v) is 8.02. The highest BCUT2D eigenvalue weighted by molar-refractivity contribution is 8.18. The van der Waals surface area contributed by atoms with E-state index in [0.29, 0.717) is 35.9 Å². The highest BCUT2D eigenvalue weighted by Crippen LogP contribution is 2.37. The summed E-state index contributed by atoms with van der Waals surface area (Å²) in [6, 6.07) is 8.36. The Morgan fingerprint density at radius 3 is 2.64 bits per heavy atom. The molecule has 0 aliphatic carbocycles. The minimum Gasteiger partial charge on any atom is -0.444 e. The molecule has 3 heterocycles. The van der Waals surface area contributed by atoms with Gasteiger partial charge in [0.25, 0.3) is 11.1 Å². The summed E-state index contributed by atoms with van der Waals surface area (Å²) in [5.74, 6) is -0.431. The Bertz CT molecular complexity index is 1600. The molecule has 2 aromatic carbocycles. The Kier molecular flexibility index (Phi) is 8.06. The van der Waals surface area contributed by atoms with E-state index < -0.39 is 40.6 Å². The number of thioether (sulfide) groups is 1. The highest BCUT2D eigenvalue weighted by Gasteiger charge is 2.42. The molecule has 0 radical (unpaired) electrons. The molecule has 1 unspecified atom stereocenters. The number of ether oxygens (including phenoxy) is 1. The van der Waals surface area contributed by atoms with Crippen LogP contribution in [0.2, 0.25) is 5.02 Å². The maximum Gasteiger partial charge on any atom is 0.416 e. The van der Waals surface area contributed by atoms with Crippen LogP contribution >= 0.6 is 23.4 Å².